The molecule has 96 valence electrons. The van der Waals surface area contributed by atoms with Crippen molar-refractivity contribution < 1.29 is 4.79 Å². The third-order valence-electron chi connectivity index (χ3n) is 4.60. The standard InChI is InChI=1S/C15H18ClNO/c1-9-13(16)3-2-4-14(9)17-15(18)12-8-10-5-6-11(12)7-10/h2-4,10-12H,5-8H2,1H3,(H,17,18)/t10-,11+,12-/m0/s1. The highest BCUT2D eigenvalue weighted by molar-refractivity contribution is 6.31. The van der Waals surface area contributed by atoms with E-state index in [1.165, 1.54) is 19.3 Å². The van der Waals surface area contributed by atoms with Crippen molar-refractivity contribution in [1.29, 1.82) is 0 Å². The van der Waals surface area contributed by atoms with Crippen LogP contribution in [0.5, 0.6) is 0 Å². The SMILES string of the molecule is Cc1c(Cl)cccc1NC(=O)[C@H]1C[C@H]2CC[C@@H]1C2. The number of anilines is 1. The van der Waals surface area contributed by atoms with Crippen LogP contribution < -0.4 is 5.32 Å². The van der Waals surface area contributed by atoms with Crippen LogP contribution in [0, 0.1) is 24.7 Å². The smallest absolute Gasteiger partial charge is 0.227 e. The number of nitrogens with one attached hydrogen (secondary N) is 1. The Morgan fingerprint density at radius 1 is 1.33 bits per heavy atom. The lowest BCUT2D eigenvalue weighted by Crippen LogP contribution is -2.27. The van der Waals surface area contributed by atoms with Gasteiger partial charge < -0.3 is 5.32 Å². The summed E-state index contributed by atoms with van der Waals surface area (Å²) in [6, 6.07) is 5.65. The highest BCUT2D eigenvalue weighted by atomic mass is 35.5. The van der Waals surface area contributed by atoms with E-state index in [-0.39, 0.29) is 11.8 Å². The molecule has 18 heavy (non-hydrogen) atoms. The van der Waals surface area contributed by atoms with Crippen molar-refractivity contribution in [3.63, 3.8) is 0 Å². The maximum atomic E-state index is 12.3. The first-order chi connectivity index (χ1) is 8.65. The monoisotopic (exact) mass is 263 g/mol. The Kier molecular flexibility index (Phi) is 3.06. The number of benzene rings is 1. The zero-order valence-electron chi connectivity index (χ0n) is 10.6. The summed E-state index contributed by atoms with van der Waals surface area (Å²) in [6.45, 7) is 1.94. The van der Waals surface area contributed by atoms with Crippen molar-refractivity contribution in [3.8, 4) is 0 Å². The Balaban J connectivity index is 1.73. The lowest BCUT2D eigenvalue weighted by atomic mass is 9.88. The van der Waals surface area contributed by atoms with Gasteiger partial charge in [-0.2, -0.15) is 0 Å². The van der Waals surface area contributed by atoms with Crippen molar-refractivity contribution in [3.05, 3.63) is 28.8 Å². The van der Waals surface area contributed by atoms with Crippen molar-refractivity contribution >= 4 is 23.2 Å². The molecular weight excluding hydrogens is 246 g/mol. The van der Waals surface area contributed by atoms with Gasteiger partial charge in [-0.3, -0.25) is 4.79 Å². The first kappa shape index (κ1) is 12.0. The first-order valence-electron chi connectivity index (χ1n) is 6.71. The molecule has 3 rings (SSSR count). The van der Waals surface area contributed by atoms with Crippen molar-refractivity contribution in [1.82, 2.24) is 0 Å². The molecule has 2 saturated carbocycles. The summed E-state index contributed by atoms with van der Waals surface area (Å²) in [5, 5.41) is 3.76. The molecule has 2 aliphatic carbocycles. The quantitative estimate of drug-likeness (QED) is 0.858. The lowest BCUT2D eigenvalue weighted by molar-refractivity contribution is -0.121. The van der Waals surface area contributed by atoms with Crippen LogP contribution >= 0.6 is 11.6 Å². The molecule has 3 heteroatoms. The fourth-order valence-corrected chi connectivity index (χ4v) is 3.71. The van der Waals surface area contributed by atoms with E-state index in [0.29, 0.717) is 10.9 Å². The van der Waals surface area contributed by atoms with Crippen LogP contribution in [-0.4, -0.2) is 5.91 Å². The molecular formula is C15H18ClNO. The second kappa shape index (κ2) is 4.58. The van der Waals surface area contributed by atoms with Crippen molar-refractivity contribution in [2.75, 3.05) is 5.32 Å². The Bertz CT molecular complexity index is 485. The van der Waals surface area contributed by atoms with E-state index in [0.717, 1.165) is 23.6 Å². The highest BCUT2D eigenvalue weighted by Gasteiger charge is 2.43. The molecule has 0 unspecified atom stereocenters. The van der Waals surface area contributed by atoms with Crippen LogP contribution in [-0.2, 0) is 4.79 Å². The van der Waals surface area contributed by atoms with E-state index < -0.39 is 0 Å². The summed E-state index contributed by atoms with van der Waals surface area (Å²) in [4.78, 5) is 12.3. The van der Waals surface area contributed by atoms with Crippen LogP contribution in [0.3, 0.4) is 0 Å². The predicted octanol–water partition coefficient (Wildman–Crippen LogP) is 4.02. The molecule has 0 spiro atoms. The van der Waals surface area contributed by atoms with Gasteiger partial charge >= 0.3 is 0 Å². The zero-order chi connectivity index (χ0) is 12.7. The fraction of sp³-hybridized carbons (Fsp3) is 0.533. The van der Waals surface area contributed by atoms with E-state index in [1.54, 1.807) is 0 Å². The van der Waals surface area contributed by atoms with Crippen LogP contribution in [0.4, 0.5) is 5.69 Å². The second-order valence-electron chi connectivity index (χ2n) is 5.68. The van der Waals surface area contributed by atoms with E-state index in [4.69, 9.17) is 11.6 Å². The molecule has 0 aromatic heterocycles. The van der Waals surface area contributed by atoms with Gasteiger partial charge in [0.25, 0.3) is 0 Å². The summed E-state index contributed by atoms with van der Waals surface area (Å²) in [6.07, 6.45) is 4.89. The molecule has 0 saturated heterocycles. The van der Waals surface area contributed by atoms with Gasteiger partial charge in [-0.1, -0.05) is 24.1 Å². The summed E-state index contributed by atoms with van der Waals surface area (Å²) < 4.78 is 0. The van der Waals surface area contributed by atoms with E-state index in [1.807, 2.05) is 25.1 Å². The van der Waals surface area contributed by atoms with E-state index in [2.05, 4.69) is 5.32 Å². The average molecular weight is 264 g/mol. The van der Waals surface area contributed by atoms with Crippen LogP contribution in [0.15, 0.2) is 18.2 Å². The van der Waals surface area contributed by atoms with Gasteiger partial charge in [-0.15, -0.1) is 0 Å². The molecule has 1 amide bonds. The number of halogens is 1. The van der Waals surface area contributed by atoms with Gasteiger partial charge in [0.1, 0.15) is 0 Å². The summed E-state index contributed by atoms with van der Waals surface area (Å²) in [7, 11) is 0. The Morgan fingerprint density at radius 2 is 2.17 bits per heavy atom. The van der Waals surface area contributed by atoms with Crippen LogP contribution in [0.1, 0.15) is 31.2 Å². The molecule has 0 heterocycles. The van der Waals surface area contributed by atoms with Gasteiger partial charge in [-0.05, 0) is 55.7 Å². The lowest BCUT2D eigenvalue weighted by Gasteiger charge is -2.21. The number of hydrogen-bond donors (Lipinski definition) is 1. The summed E-state index contributed by atoms with van der Waals surface area (Å²) in [5.41, 5.74) is 1.81. The average Bonchev–Trinajstić information content (AvgIpc) is 2.97. The molecule has 3 atom stereocenters. The number of amides is 1. The molecule has 1 aromatic carbocycles. The Hall–Kier alpha value is -1.02. The number of fused-ring (bicyclic) bond motifs is 2. The Labute approximate surface area is 113 Å². The van der Waals surface area contributed by atoms with Gasteiger partial charge in [0.15, 0.2) is 0 Å². The normalized spacial score (nSPS) is 29.6. The maximum Gasteiger partial charge on any atom is 0.227 e. The molecule has 2 bridgehead atoms. The highest BCUT2D eigenvalue weighted by Crippen LogP contribution is 2.48. The topological polar surface area (TPSA) is 29.1 Å². The predicted molar refractivity (Wildman–Crippen MR) is 73.8 cm³/mol. The number of hydrogen-bond acceptors (Lipinski definition) is 1. The van der Waals surface area contributed by atoms with Crippen molar-refractivity contribution in [2.45, 2.75) is 32.6 Å². The minimum absolute atomic E-state index is 0.188. The minimum Gasteiger partial charge on any atom is -0.326 e. The van der Waals surface area contributed by atoms with Gasteiger partial charge in [-0.25, -0.2) is 0 Å². The number of carbonyl (C=O) groups is 1. The van der Waals surface area contributed by atoms with Gasteiger partial charge in [0.2, 0.25) is 5.91 Å². The zero-order valence-corrected chi connectivity index (χ0v) is 11.3. The third-order valence-corrected chi connectivity index (χ3v) is 5.01. The second-order valence-corrected chi connectivity index (χ2v) is 6.09. The van der Waals surface area contributed by atoms with Crippen molar-refractivity contribution in [2.24, 2.45) is 17.8 Å². The molecule has 2 aliphatic rings. The third kappa shape index (κ3) is 2.03. The number of carbonyl (C=O) groups excluding carboxylic acids is 1. The minimum atomic E-state index is 0.188. The maximum absolute atomic E-state index is 12.3. The van der Waals surface area contributed by atoms with Crippen LogP contribution in [0.2, 0.25) is 5.02 Å². The molecule has 1 aromatic rings. The molecule has 0 aliphatic heterocycles. The fourth-order valence-electron chi connectivity index (χ4n) is 3.53. The van der Waals surface area contributed by atoms with Crippen LogP contribution in [0.25, 0.3) is 0 Å². The largest absolute Gasteiger partial charge is 0.326 e. The molecule has 0 radical (unpaired) electrons. The van der Waals surface area contributed by atoms with E-state index in [9.17, 15) is 4.79 Å². The molecule has 2 fully saturated rings. The Morgan fingerprint density at radius 3 is 2.83 bits per heavy atom. The van der Waals surface area contributed by atoms with E-state index >= 15 is 0 Å². The summed E-state index contributed by atoms with van der Waals surface area (Å²) in [5.74, 6) is 1.83. The van der Waals surface area contributed by atoms with Gasteiger partial charge in [0.05, 0.1) is 0 Å². The number of rotatable bonds is 2. The van der Waals surface area contributed by atoms with Gasteiger partial charge in [0, 0.05) is 16.6 Å². The molecule has 2 nitrogen and oxygen atoms in total. The first-order valence-corrected chi connectivity index (χ1v) is 7.09. The molecule has 1 N–H and O–H groups in total. The summed E-state index contributed by atoms with van der Waals surface area (Å²) >= 11 is 6.07.